The highest BCUT2D eigenvalue weighted by molar-refractivity contribution is 5.97. The number of hydrogen-bond donors (Lipinski definition) is 1. The molecule has 2 fully saturated rings. The molecule has 2 aliphatic rings. The first kappa shape index (κ1) is 20.2. The van der Waals surface area contributed by atoms with E-state index in [9.17, 15) is 20.0 Å². The standard InChI is InChI=1S/C19H29N3O4/c1-2-26-19(25)15-6-10-21(11-7-15)18(24)16(13-20)14-22-9-4-3-5-17(22)8-12-23/h14-15,17,23H,2-12H2,1H3/b16-14-. The molecule has 0 spiro atoms. The van der Waals surface area contributed by atoms with Crippen LogP contribution in [0.1, 0.15) is 45.4 Å². The smallest absolute Gasteiger partial charge is 0.309 e. The highest BCUT2D eigenvalue weighted by atomic mass is 16.5. The van der Waals surface area contributed by atoms with E-state index in [1.807, 2.05) is 11.0 Å². The fourth-order valence-corrected chi connectivity index (χ4v) is 3.70. The molecule has 1 N–H and O–H groups in total. The normalized spacial score (nSPS) is 22.0. The van der Waals surface area contributed by atoms with Gasteiger partial charge in [0.15, 0.2) is 0 Å². The van der Waals surface area contributed by atoms with Crippen molar-refractivity contribution in [1.29, 1.82) is 5.26 Å². The van der Waals surface area contributed by atoms with Crippen LogP contribution in [0.4, 0.5) is 0 Å². The van der Waals surface area contributed by atoms with Gasteiger partial charge < -0.3 is 19.6 Å². The van der Waals surface area contributed by atoms with E-state index in [-0.39, 0.29) is 36.0 Å². The molecular formula is C19H29N3O4. The zero-order valence-electron chi connectivity index (χ0n) is 15.5. The zero-order chi connectivity index (χ0) is 18.9. The number of nitrogens with zero attached hydrogens (tertiary/aromatic N) is 3. The number of amides is 1. The van der Waals surface area contributed by atoms with Crippen LogP contribution in [-0.4, -0.2) is 65.7 Å². The van der Waals surface area contributed by atoms with E-state index >= 15 is 0 Å². The number of carbonyl (C=O) groups is 2. The van der Waals surface area contributed by atoms with Gasteiger partial charge in [0.25, 0.3) is 5.91 Å². The largest absolute Gasteiger partial charge is 0.466 e. The van der Waals surface area contributed by atoms with Crippen LogP contribution >= 0.6 is 0 Å². The SMILES string of the molecule is CCOC(=O)C1CCN(C(=O)/C(C#N)=C\N2CCCCC2CCO)CC1. The molecule has 0 aliphatic carbocycles. The summed E-state index contributed by atoms with van der Waals surface area (Å²) in [6, 6.07) is 2.22. The van der Waals surface area contributed by atoms with Gasteiger partial charge in [-0.1, -0.05) is 0 Å². The Morgan fingerprint density at radius 3 is 2.58 bits per heavy atom. The molecule has 1 amide bonds. The summed E-state index contributed by atoms with van der Waals surface area (Å²) in [5, 5.41) is 18.7. The summed E-state index contributed by atoms with van der Waals surface area (Å²) in [5.74, 6) is -0.636. The van der Waals surface area contributed by atoms with Gasteiger partial charge in [-0.05, 0) is 45.4 Å². The van der Waals surface area contributed by atoms with Crippen LogP contribution in [0, 0.1) is 17.2 Å². The monoisotopic (exact) mass is 363 g/mol. The third kappa shape index (κ3) is 5.21. The van der Waals surface area contributed by atoms with Gasteiger partial charge in [-0.2, -0.15) is 5.26 Å². The second kappa shape index (κ2) is 10.2. The number of likely N-dealkylation sites (tertiary alicyclic amines) is 2. The van der Waals surface area contributed by atoms with Gasteiger partial charge in [-0.25, -0.2) is 0 Å². The number of piperidine rings is 2. The van der Waals surface area contributed by atoms with E-state index in [4.69, 9.17) is 4.74 Å². The summed E-state index contributed by atoms with van der Waals surface area (Å²) in [4.78, 5) is 28.2. The third-order valence-corrected chi connectivity index (χ3v) is 5.18. The average molecular weight is 363 g/mol. The molecular weight excluding hydrogens is 334 g/mol. The first-order chi connectivity index (χ1) is 12.6. The Bertz CT molecular complexity index is 560. The van der Waals surface area contributed by atoms with Crippen molar-refractivity contribution in [3.05, 3.63) is 11.8 Å². The molecule has 2 aliphatic heterocycles. The molecule has 0 radical (unpaired) electrons. The lowest BCUT2D eigenvalue weighted by Gasteiger charge is -2.35. The maximum atomic E-state index is 12.7. The van der Waals surface area contributed by atoms with Crippen LogP contribution in [0.3, 0.4) is 0 Å². The van der Waals surface area contributed by atoms with E-state index < -0.39 is 0 Å². The van der Waals surface area contributed by atoms with Crippen LogP contribution in [0.25, 0.3) is 0 Å². The Hall–Kier alpha value is -2.07. The molecule has 0 bridgehead atoms. The molecule has 2 saturated heterocycles. The topological polar surface area (TPSA) is 93.9 Å². The summed E-state index contributed by atoms with van der Waals surface area (Å²) in [6.07, 6.45) is 6.55. The summed E-state index contributed by atoms with van der Waals surface area (Å²) < 4.78 is 5.05. The van der Waals surface area contributed by atoms with Gasteiger partial charge in [0, 0.05) is 38.5 Å². The molecule has 0 aromatic carbocycles. The third-order valence-electron chi connectivity index (χ3n) is 5.18. The van der Waals surface area contributed by atoms with Crippen molar-refractivity contribution in [2.45, 2.75) is 51.5 Å². The second-order valence-corrected chi connectivity index (χ2v) is 6.87. The number of ether oxygens (including phenoxy) is 1. The lowest BCUT2D eigenvalue weighted by atomic mass is 9.96. The fraction of sp³-hybridized carbons (Fsp3) is 0.737. The van der Waals surface area contributed by atoms with E-state index in [2.05, 4.69) is 0 Å². The quantitative estimate of drug-likeness (QED) is 0.436. The summed E-state index contributed by atoms with van der Waals surface area (Å²) >= 11 is 0. The molecule has 0 saturated carbocycles. The average Bonchev–Trinajstić information content (AvgIpc) is 2.67. The Morgan fingerprint density at radius 1 is 1.23 bits per heavy atom. The van der Waals surface area contributed by atoms with E-state index in [1.165, 1.54) is 0 Å². The van der Waals surface area contributed by atoms with Crippen molar-refractivity contribution < 1.29 is 19.4 Å². The summed E-state index contributed by atoms with van der Waals surface area (Å²) in [6.45, 7) is 3.97. The molecule has 2 rings (SSSR count). The second-order valence-electron chi connectivity index (χ2n) is 6.87. The molecule has 2 heterocycles. The Labute approximate surface area is 155 Å². The lowest BCUT2D eigenvalue weighted by Crippen LogP contribution is -2.42. The Balaban J connectivity index is 1.98. The van der Waals surface area contributed by atoms with Gasteiger partial charge in [0.1, 0.15) is 11.6 Å². The summed E-state index contributed by atoms with van der Waals surface area (Å²) in [7, 11) is 0. The maximum Gasteiger partial charge on any atom is 0.309 e. The number of aliphatic hydroxyl groups excluding tert-OH is 1. The predicted octanol–water partition coefficient (Wildman–Crippen LogP) is 1.43. The van der Waals surface area contributed by atoms with Crippen molar-refractivity contribution in [3.63, 3.8) is 0 Å². The zero-order valence-corrected chi connectivity index (χ0v) is 15.5. The molecule has 1 unspecified atom stereocenters. The van der Waals surface area contributed by atoms with Crippen LogP contribution in [0.15, 0.2) is 11.8 Å². The highest BCUT2D eigenvalue weighted by Gasteiger charge is 2.30. The van der Waals surface area contributed by atoms with Gasteiger partial charge >= 0.3 is 5.97 Å². The van der Waals surface area contributed by atoms with E-state index in [1.54, 1.807) is 18.0 Å². The first-order valence-electron chi connectivity index (χ1n) is 9.55. The predicted molar refractivity (Wildman–Crippen MR) is 95.7 cm³/mol. The van der Waals surface area contributed by atoms with Crippen molar-refractivity contribution >= 4 is 11.9 Å². The summed E-state index contributed by atoms with van der Waals surface area (Å²) in [5.41, 5.74) is 0.129. The van der Waals surface area contributed by atoms with Crippen LogP contribution in [-0.2, 0) is 14.3 Å². The molecule has 7 nitrogen and oxygen atoms in total. The van der Waals surface area contributed by atoms with Crippen molar-refractivity contribution in [2.24, 2.45) is 5.92 Å². The van der Waals surface area contributed by atoms with Crippen LogP contribution < -0.4 is 0 Å². The van der Waals surface area contributed by atoms with Crippen molar-refractivity contribution in [3.8, 4) is 6.07 Å². The number of aliphatic hydroxyl groups is 1. The van der Waals surface area contributed by atoms with Gasteiger partial charge in [0.05, 0.1) is 12.5 Å². The van der Waals surface area contributed by atoms with Crippen LogP contribution in [0.2, 0.25) is 0 Å². The van der Waals surface area contributed by atoms with Crippen molar-refractivity contribution in [2.75, 3.05) is 32.8 Å². The molecule has 7 heteroatoms. The molecule has 144 valence electrons. The minimum atomic E-state index is -0.275. The number of hydrogen-bond acceptors (Lipinski definition) is 6. The lowest BCUT2D eigenvalue weighted by molar-refractivity contribution is -0.150. The maximum absolute atomic E-state index is 12.7. The molecule has 0 aromatic heterocycles. The van der Waals surface area contributed by atoms with E-state index in [0.717, 1.165) is 25.8 Å². The number of nitriles is 1. The number of esters is 1. The van der Waals surface area contributed by atoms with Gasteiger partial charge in [-0.3, -0.25) is 9.59 Å². The van der Waals surface area contributed by atoms with Crippen molar-refractivity contribution in [1.82, 2.24) is 9.80 Å². The Kier molecular flexibility index (Phi) is 7.92. The minimum absolute atomic E-state index is 0.103. The molecule has 26 heavy (non-hydrogen) atoms. The van der Waals surface area contributed by atoms with Crippen LogP contribution in [0.5, 0.6) is 0 Å². The Morgan fingerprint density at radius 2 is 1.96 bits per heavy atom. The van der Waals surface area contributed by atoms with E-state index in [0.29, 0.717) is 39.0 Å². The first-order valence-corrected chi connectivity index (χ1v) is 9.55. The molecule has 1 atom stereocenters. The number of rotatable bonds is 6. The fourth-order valence-electron chi connectivity index (χ4n) is 3.70. The minimum Gasteiger partial charge on any atom is -0.466 e. The van der Waals surface area contributed by atoms with Gasteiger partial charge in [-0.15, -0.1) is 0 Å². The number of carbonyl (C=O) groups excluding carboxylic acids is 2. The molecule has 0 aromatic rings. The van der Waals surface area contributed by atoms with Gasteiger partial charge in [0.2, 0.25) is 0 Å². The highest BCUT2D eigenvalue weighted by Crippen LogP contribution is 2.23.